The molecule has 178 valence electrons. The number of hydrogen-bond donors (Lipinski definition) is 1. The molecule has 0 fully saturated rings. The predicted molar refractivity (Wildman–Crippen MR) is 142 cm³/mol. The molecule has 0 bridgehead atoms. The third-order valence-electron chi connectivity index (χ3n) is 5.68. The molecule has 0 aliphatic heterocycles. The highest BCUT2D eigenvalue weighted by Crippen LogP contribution is 2.41. The third-order valence-corrected chi connectivity index (χ3v) is 6.83. The molecule has 0 spiro atoms. The molecule has 6 nitrogen and oxygen atoms in total. The lowest BCUT2D eigenvalue weighted by Crippen LogP contribution is -2.10. The minimum Gasteiger partial charge on any atom is -0.496 e. The average molecular weight is 496 g/mol. The Morgan fingerprint density at radius 1 is 0.972 bits per heavy atom. The Balaban J connectivity index is 1.55. The fourth-order valence-corrected chi connectivity index (χ4v) is 5.01. The molecule has 5 aromatic rings. The maximum Gasteiger partial charge on any atom is 0.341 e. The van der Waals surface area contributed by atoms with Gasteiger partial charge in [-0.2, -0.15) is 0 Å². The van der Waals surface area contributed by atoms with Crippen LogP contribution in [-0.4, -0.2) is 35.6 Å². The summed E-state index contributed by atoms with van der Waals surface area (Å²) in [4.78, 5) is 29.4. The first kappa shape index (κ1) is 23.3. The molecule has 7 heteroatoms. The van der Waals surface area contributed by atoms with Crippen LogP contribution in [0.4, 0.5) is 0 Å². The number of methoxy groups -OCH3 is 1. The Bertz CT molecular complexity index is 1600. The van der Waals surface area contributed by atoms with Crippen molar-refractivity contribution >= 4 is 50.2 Å². The van der Waals surface area contributed by atoms with Gasteiger partial charge in [0, 0.05) is 43.9 Å². The van der Waals surface area contributed by atoms with Gasteiger partial charge in [0.25, 0.3) is 0 Å². The van der Waals surface area contributed by atoms with Crippen molar-refractivity contribution in [3.8, 4) is 21.9 Å². The standard InChI is InChI=1S/C29H21NO5S/c1-34-26-16-25(35-17-29(32)33)20(13-22(26)28-15-21-5-2-3-7-27(21)36-28)10-11-24(31)19-9-8-18-6-4-12-30-23(18)14-19/h2-16H,17H2,1H3,(H,32,33)/b11-10+. The highest BCUT2D eigenvalue weighted by Gasteiger charge is 2.16. The zero-order chi connectivity index (χ0) is 25.1. The van der Waals surface area contributed by atoms with E-state index in [0.29, 0.717) is 22.6 Å². The number of ether oxygens (including phenoxy) is 2. The highest BCUT2D eigenvalue weighted by molar-refractivity contribution is 7.22. The van der Waals surface area contributed by atoms with Crippen molar-refractivity contribution in [2.45, 2.75) is 0 Å². The van der Waals surface area contributed by atoms with E-state index in [4.69, 9.17) is 14.6 Å². The predicted octanol–water partition coefficient (Wildman–Crippen LogP) is 6.48. The molecule has 0 atom stereocenters. The number of carbonyl (C=O) groups excluding carboxylic acids is 1. The number of benzene rings is 3. The number of carbonyl (C=O) groups is 2. The van der Waals surface area contributed by atoms with Crippen molar-refractivity contribution in [3.05, 3.63) is 96.2 Å². The van der Waals surface area contributed by atoms with E-state index in [1.165, 1.54) is 6.08 Å². The third kappa shape index (κ3) is 4.82. The van der Waals surface area contributed by atoms with E-state index in [1.807, 2.05) is 42.5 Å². The van der Waals surface area contributed by atoms with Gasteiger partial charge in [0.05, 0.1) is 12.6 Å². The van der Waals surface area contributed by atoms with Crippen molar-refractivity contribution < 1.29 is 24.2 Å². The summed E-state index contributed by atoms with van der Waals surface area (Å²) in [5.41, 5.74) is 2.63. The summed E-state index contributed by atoms with van der Waals surface area (Å²) in [6.45, 7) is -0.517. The van der Waals surface area contributed by atoms with Crippen LogP contribution >= 0.6 is 11.3 Å². The summed E-state index contributed by atoms with van der Waals surface area (Å²) in [5, 5.41) is 11.2. The van der Waals surface area contributed by atoms with Crippen LogP contribution < -0.4 is 9.47 Å². The second-order valence-corrected chi connectivity index (χ2v) is 9.11. The van der Waals surface area contributed by atoms with E-state index < -0.39 is 12.6 Å². The molecule has 0 unspecified atom stereocenters. The van der Waals surface area contributed by atoms with Crippen molar-refractivity contribution in [1.29, 1.82) is 0 Å². The number of carboxylic acid groups (broad SMARTS) is 1. The summed E-state index contributed by atoms with van der Waals surface area (Å²) in [7, 11) is 1.56. The zero-order valence-corrected chi connectivity index (χ0v) is 20.1. The summed E-state index contributed by atoms with van der Waals surface area (Å²) >= 11 is 1.62. The van der Waals surface area contributed by atoms with Gasteiger partial charge in [-0.15, -0.1) is 11.3 Å². The first-order valence-corrected chi connectivity index (χ1v) is 12.0. The van der Waals surface area contributed by atoms with E-state index in [2.05, 4.69) is 17.1 Å². The molecule has 0 radical (unpaired) electrons. The number of aliphatic carboxylic acids is 1. The number of nitrogens with zero attached hydrogens (tertiary/aromatic N) is 1. The van der Waals surface area contributed by atoms with E-state index in [1.54, 1.807) is 48.9 Å². The zero-order valence-electron chi connectivity index (χ0n) is 19.3. The van der Waals surface area contributed by atoms with Crippen LogP contribution in [0.5, 0.6) is 11.5 Å². The molecular formula is C29H21NO5S. The van der Waals surface area contributed by atoms with Gasteiger partial charge in [-0.05, 0) is 47.9 Å². The molecular weight excluding hydrogens is 474 g/mol. The van der Waals surface area contributed by atoms with Gasteiger partial charge in [0.2, 0.25) is 0 Å². The van der Waals surface area contributed by atoms with E-state index in [9.17, 15) is 9.59 Å². The molecule has 0 aliphatic rings. The lowest BCUT2D eigenvalue weighted by molar-refractivity contribution is -0.139. The molecule has 0 aliphatic carbocycles. The Morgan fingerprint density at radius 3 is 2.61 bits per heavy atom. The van der Waals surface area contributed by atoms with Crippen molar-refractivity contribution in [3.63, 3.8) is 0 Å². The number of rotatable bonds is 8. The molecule has 2 aromatic heterocycles. The molecule has 5 rings (SSSR count). The summed E-state index contributed by atoms with van der Waals surface area (Å²) in [6.07, 6.45) is 4.78. The van der Waals surface area contributed by atoms with Crippen molar-refractivity contribution in [1.82, 2.24) is 4.98 Å². The van der Waals surface area contributed by atoms with Gasteiger partial charge in [-0.25, -0.2) is 4.79 Å². The molecule has 1 N–H and O–H groups in total. The van der Waals surface area contributed by atoms with Crippen LogP contribution in [0, 0.1) is 0 Å². The van der Waals surface area contributed by atoms with Crippen LogP contribution in [0.2, 0.25) is 0 Å². The van der Waals surface area contributed by atoms with Gasteiger partial charge < -0.3 is 14.6 Å². The molecule has 2 heterocycles. The van der Waals surface area contributed by atoms with Crippen LogP contribution in [0.3, 0.4) is 0 Å². The van der Waals surface area contributed by atoms with Gasteiger partial charge in [0.1, 0.15) is 11.5 Å². The Morgan fingerprint density at radius 2 is 1.81 bits per heavy atom. The quantitative estimate of drug-likeness (QED) is 0.196. The topological polar surface area (TPSA) is 85.7 Å². The van der Waals surface area contributed by atoms with Crippen molar-refractivity contribution in [2.75, 3.05) is 13.7 Å². The lowest BCUT2D eigenvalue weighted by atomic mass is 10.0. The van der Waals surface area contributed by atoms with E-state index in [0.717, 1.165) is 31.4 Å². The van der Waals surface area contributed by atoms with Gasteiger partial charge in [-0.3, -0.25) is 9.78 Å². The normalized spacial score (nSPS) is 11.2. The number of allylic oxidation sites excluding steroid dienone is 1. The maximum atomic E-state index is 13.0. The van der Waals surface area contributed by atoms with E-state index >= 15 is 0 Å². The monoisotopic (exact) mass is 495 g/mol. The van der Waals surface area contributed by atoms with Crippen LogP contribution in [-0.2, 0) is 4.79 Å². The van der Waals surface area contributed by atoms with E-state index in [-0.39, 0.29) is 5.78 Å². The number of hydrogen-bond acceptors (Lipinski definition) is 6. The molecule has 36 heavy (non-hydrogen) atoms. The molecule has 0 amide bonds. The first-order valence-electron chi connectivity index (χ1n) is 11.1. The largest absolute Gasteiger partial charge is 0.496 e. The second-order valence-electron chi connectivity index (χ2n) is 8.03. The lowest BCUT2D eigenvalue weighted by Gasteiger charge is -2.13. The first-order chi connectivity index (χ1) is 17.5. The highest BCUT2D eigenvalue weighted by atomic mass is 32.1. The fraction of sp³-hybridized carbons (Fsp3) is 0.0690. The van der Waals surface area contributed by atoms with Crippen LogP contribution in [0.25, 0.3) is 37.5 Å². The molecule has 0 saturated heterocycles. The Labute approximate surface area is 211 Å². The number of thiophene rings is 1. The number of aromatic nitrogens is 1. The SMILES string of the molecule is COc1cc(OCC(=O)O)c(/C=C/C(=O)c2ccc3cccnc3c2)cc1-c1cc2ccccc2s1. The molecule has 0 saturated carbocycles. The Kier molecular flexibility index (Phi) is 6.47. The second kappa shape index (κ2) is 10.0. The number of ketones is 1. The number of carboxylic acids is 1. The molecule has 3 aromatic carbocycles. The minimum atomic E-state index is -1.10. The fourth-order valence-electron chi connectivity index (χ4n) is 3.93. The summed E-state index contributed by atoms with van der Waals surface area (Å²) in [6, 6.07) is 22.8. The minimum absolute atomic E-state index is 0.203. The smallest absolute Gasteiger partial charge is 0.341 e. The number of pyridine rings is 1. The van der Waals surface area contributed by atoms with Gasteiger partial charge in [-0.1, -0.05) is 36.4 Å². The maximum absolute atomic E-state index is 13.0. The van der Waals surface area contributed by atoms with Crippen molar-refractivity contribution in [2.24, 2.45) is 0 Å². The summed E-state index contributed by atoms with van der Waals surface area (Å²) < 4.78 is 12.3. The van der Waals surface area contributed by atoms with Gasteiger partial charge >= 0.3 is 5.97 Å². The average Bonchev–Trinajstić information content (AvgIpc) is 3.34. The summed E-state index contributed by atoms with van der Waals surface area (Å²) in [5.74, 6) is -0.447. The van der Waals surface area contributed by atoms with Crippen LogP contribution in [0.1, 0.15) is 15.9 Å². The van der Waals surface area contributed by atoms with Crippen LogP contribution in [0.15, 0.2) is 85.1 Å². The Hall–Kier alpha value is -4.49. The van der Waals surface area contributed by atoms with Gasteiger partial charge in [0.15, 0.2) is 12.4 Å². The number of fused-ring (bicyclic) bond motifs is 2.